The van der Waals surface area contributed by atoms with Crippen molar-refractivity contribution in [2.24, 2.45) is 5.92 Å². The Morgan fingerprint density at radius 1 is 1.26 bits per heavy atom. The van der Waals surface area contributed by atoms with Crippen LogP contribution in [0.1, 0.15) is 24.8 Å². The number of esters is 1. The Labute approximate surface area is 134 Å². The first kappa shape index (κ1) is 17.1. The van der Waals surface area contributed by atoms with Crippen molar-refractivity contribution in [1.29, 1.82) is 0 Å². The third kappa shape index (κ3) is 5.14. The first-order valence-corrected chi connectivity index (χ1v) is 7.56. The van der Waals surface area contributed by atoms with E-state index in [9.17, 15) is 19.7 Å². The molecule has 1 aliphatic heterocycles. The van der Waals surface area contributed by atoms with Crippen LogP contribution in [0.2, 0.25) is 0 Å². The van der Waals surface area contributed by atoms with Crippen LogP contribution in [0.15, 0.2) is 24.3 Å². The molecular formula is C16H20N2O5. The van der Waals surface area contributed by atoms with E-state index >= 15 is 0 Å². The van der Waals surface area contributed by atoms with Gasteiger partial charge in [0.25, 0.3) is 5.69 Å². The van der Waals surface area contributed by atoms with Crippen LogP contribution in [0.25, 0.3) is 0 Å². The highest BCUT2D eigenvalue weighted by Gasteiger charge is 2.25. The van der Waals surface area contributed by atoms with E-state index in [1.165, 1.54) is 24.3 Å². The van der Waals surface area contributed by atoms with Crippen molar-refractivity contribution in [1.82, 2.24) is 4.90 Å². The Bertz CT molecular complexity index is 577. The first-order chi connectivity index (χ1) is 11.0. The number of piperidine rings is 1. The number of benzene rings is 1. The Morgan fingerprint density at radius 2 is 1.87 bits per heavy atom. The van der Waals surface area contributed by atoms with Gasteiger partial charge in [0, 0.05) is 18.1 Å². The summed E-state index contributed by atoms with van der Waals surface area (Å²) in [6.07, 6.45) is 1.36. The molecule has 0 saturated carbocycles. The second kappa shape index (κ2) is 7.82. The van der Waals surface area contributed by atoms with Crippen LogP contribution in [-0.4, -0.2) is 41.7 Å². The summed E-state index contributed by atoms with van der Waals surface area (Å²) in [6, 6.07) is 5.77. The highest BCUT2D eigenvalue weighted by atomic mass is 16.6. The Kier molecular flexibility index (Phi) is 5.81. The lowest BCUT2D eigenvalue weighted by Crippen LogP contribution is -2.34. The lowest BCUT2D eigenvalue weighted by atomic mass is 9.91. The Morgan fingerprint density at radius 3 is 2.43 bits per heavy atom. The molecule has 0 aromatic heterocycles. The van der Waals surface area contributed by atoms with Crippen molar-refractivity contribution in [2.75, 3.05) is 20.1 Å². The van der Waals surface area contributed by atoms with Gasteiger partial charge >= 0.3 is 5.97 Å². The van der Waals surface area contributed by atoms with Crippen LogP contribution in [0.4, 0.5) is 5.69 Å². The minimum absolute atomic E-state index is 0.0114. The molecule has 1 aromatic carbocycles. The van der Waals surface area contributed by atoms with Gasteiger partial charge in [-0.1, -0.05) is 0 Å². The molecular weight excluding hydrogens is 300 g/mol. The van der Waals surface area contributed by atoms with Gasteiger partial charge in [0.1, 0.15) is 18.8 Å². The summed E-state index contributed by atoms with van der Waals surface area (Å²) in [5.41, 5.74) is 0.633. The minimum atomic E-state index is -0.549. The van der Waals surface area contributed by atoms with Crippen LogP contribution in [0.3, 0.4) is 0 Å². The maximum absolute atomic E-state index is 12.1. The van der Waals surface area contributed by atoms with Gasteiger partial charge in [-0.15, -0.1) is 0 Å². The number of likely N-dealkylation sites (tertiary alicyclic amines) is 1. The molecule has 0 N–H and O–H groups in total. The van der Waals surface area contributed by atoms with Gasteiger partial charge in [-0.05, 0) is 50.7 Å². The third-order valence-electron chi connectivity index (χ3n) is 4.04. The number of nitro groups is 1. The molecule has 0 unspecified atom stereocenters. The van der Waals surface area contributed by atoms with Crippen molar-refractivity contribution in [2.45, 2.75) is 25.9 Å². The van der Waals surface area contributed by atoms with E-state index in [0.29, 0.717) is 5.56 Å². The molecule has 23 heavy (non-hydrogen) atoms. The lowest BCUT2D eigenvalue weighted by molar-refractivity contribution is -0.384. The second-order valence-electron chi connectivity index (χ2n) is 5.80. The number of hydrogen-bond acceptors (Lipinski definition) is 6. The van der Waals surface area contributed by atoms with Gasteiger partial charge in [0.05, 0.1) is 4.92 Å². The molecule has 1 aliphatic rings. The van der Waals surface area contributed by atoms with Crippen LogP contribution < -0.4 is 0 Å². The maximum atomic E-state index is 12.1. The fourth-order valence-electron chi connectivity index (χ4n) is 2.55. The molecule has 7 nitrogen and oxygen atoms in total. The predicted molar refractivity (Wildman–Crippen MR) is 82.7 cm³/mol. The van der Waals surface area contributed by atoms with Crippen molar-refractivity contribution in [3.8, 4) is 0 Å². The van der Waals surface area contributed by atoms with Crippen molar-refractivity contribution in [3.05, 3.63) is 39.9 Å². The van der Waals surface area contributed by atoms with Gasteiger partial charge in [-0.3, -0.25) is 19.7 Å². The number of ketones is 1. The Hall–Kier alpha value is -2.28. The molecule has 0 amide bonds. The zero-order chi connectivity index (χ0) is 16.8. The van der Waals surface area contributed by atoms with Crippen molar-refractivity contribution < 1.29 is 19.2 Å². The average molecular weight is 320 g/mol. The molecule has 0 bridgehead atoms. The van der Waals surface area contributed by atoms with Gasteiger partial charge in [-0.25, -0.2) is 0 Å². The van der Waals surface area contributed by atoms with Crippen molar-refractivity contribution in [3.63, 3.8) is 0 Å². The highest BCUT2D eigenvalue weighted by Crippen LogP contribution is 2.19. The number of rotatable bonds is 6. The molecule has 0 aliphatic carbocycles. The van der Waals surface area contributed by atoms with Crippen LogP contribution in [0, 0.1) is 16.0 Å². The lowest BCUT2D eigenvalue weighted by Gasteiger charge is -2.27. The number of nitrogens with zero attached hydrogens (tertiary/aromatic N) is 2. The summed E-state index contributed by atoms with van der Waals surface area (Å²) in [5.74, 6) is -0.669. The second-order valence-corrected chi connectivity index (χ2v) is 5.80. The van der Waals surface area contributed by atoms with Crippen LogP contribution in [0.5, 0.6) is 0 Å². The van der Waals surface area contributed by atoms with Gasteiger partial charge < -0.3 is 9.64 Å². The van der Waals surface area contributed by atoms with E-state index in [1.54, 1.807) is 0 Å². The summed E-state index contributed by atoms with van der Waals surface area (Å²) in [7, 11) is 2.01. The zero-order valence-electron chi connectivity index (χ0n) is 13.1. The number of non-ortho nitro benzene ring substituents is 1. The number of nitro benzene ring substituents is 1. The molecule has 1 aromatic rings. The summed E-state index contributed by atoms with van der Waals surface area (Å²) in [6.45, 7) is 1.75. The van der Waals surface area contributed by atoms with Crippen LogP contribution >= 0.6 is 0 Å². The average Bonchev–Trinajstić information content (AvgIpc) is 2.54. The first-order valence-electron chi connectivity index (χ1n) is 7.56. The largest absolute Gasteiger partial charge is 0.460 e. The maximum Gasteiger partial charge on any atom is 0.313 e. The molecule has 1 saturated heterocycles. The molecule has 1 fully saturated rings. The van der Waals surface area contributed by atoms with E-state index in [1.807, 2.05) is 7.05 Å². The Balaban J connectivity index is 1.76. The molecule has 124 valence electrons. The monoisotopic (exact) mass is 320 g/mol. The molecule has 0 spiro atoms. The summed E-state index contributed by atoms with van der Waals surface area (Å²) < 4.78 is 5.07. The van der Waals surface area contributed by atoms with E-state index in [2.05, 4.69) is 4.90 Å². The fraction of sp³-hybridized carbons (Fsp3) is 0.500. The molecule has 0 radical (unpaired) electrons. The van der Waals surface area contributed by atoms with Crippen LogP contribution in [-0.2, 0) is 20.9 Å². The van der Waals surface area contributed by atoms with E-state index in [4.69, 9.17) is 4.74 Å². The highest BCUT2D eigenvalue weighted by molar-refractivity contribution is 5.96. The van der Waals surface area contributed by atoms with E-state index in [-0.39, 0.29) is 30.4 Å². The van der Waals surface area contributed by atoms with E-state index < -0.39 is 10.9 Å². The standard InChI is InChI=1S/C16H20N2O5/c1-17-8-6-13(7-9-17)15(19)10-16(20)23-11-12-2-4-14(5-3-12)18(21)22/h2-5,13H,6-11H2,1H3. The number of Topliss-reactive ketones (excluding diaryl/α,β-unsaturated/α-hetero) is 1. The number of hydrogen-bond donors (Lipinski definition) is 0. The van der Waals surface area contributed by atoms with E-state index in [0.717, 1.165) is 25.9 Å². The minimum Gasteiger partial charge on any atom is -0.460 e. The number of carbonyl (C=O) groups is 2. The zero-order valence-corrected chi connectivity index (χ0v) is 13.1. The van der Waals surface area contributed by atoms with Crippen molar-refractivity contribution >= 4 is 17.4 Å². The molecule has 0 atom stereocenters. The number of ether oxygens (including phenoxy) is 1. The molecule has 1 heterocycles. The van der Waals surface area contributed by atoms with Gasteiger partial charge in [0.2, 0.25) is 0 Å². The SMILES string of the molecule is CN1CCC(C(=O)CC(=O)OCc2ccc([N+](=O)[O-])cc2)CC1. The summed E-state index contributed by atoms with van der Waals surface area (Å²) >= 11 is 0. The summed E-state index contributed by atoms with van der Waals surface area (Å²) in [4.78, 5) is 36.0. The number of carbonyl (C=O) groups excluding carboxylic acids is 2. The third-order valence-corrected chi connectivity index (χ3v) is 4.04. The quantitative estimate of drug-likeness (QED) is 0.344. The topological polar surface area (TPSA) is 89.8 Å². The normalized spacial score (nSPS) is 16.0. The van der Waals surface area contributed by atoms with Gasteiger partial charge in [-0.2, -0.15) is 0 Å². The summed E-state index contributed by atoms with van der Waals surface area (Å²) in [5, 5.41) is 10.5. The molecule has 2 rings (SSSR count). The van der Waals surface area contributed by atoms with Gasteiger partial charge in [0.15, 0.2) is 0 Å². The smallest absolute Gasteiger partial charge is 0.313 e. The predicted octanol–water partition coefficient (Wildman–Crippen LogP) is 1.94. The fourth-order valence-corrected chi connectivity index (χ4v) is 2.55. The molecule has 7 heteroatoms.